The second-order valence-corrected chi connectivity index (χ2v) is 9.67. The standard InChI is InChI=1S/C22H40N2O16/c1-8(12(31)6-26)36-19-16(32)18(17(38-21(23)35)14(7-27)37-19)40-22(20(33)34)4-11(30)15(24-9(2)28)13(39-22)3-10(29)5-25/h8,10-19,21,25-27,29-32,35H,3-7,23H2,1-2H3,(H,24,28)(H,33,34)/t8-,10-,11+,12?,13?,14?,15?,16?,17?,18?,19?,21?,22-/m0/s1. The van der Waals surface area contributed by atoms with Gasteiger partial charge in [-0.1, -0.05) is 0 Å². The second kappa shape index (κ2) is 15.0. The SMILES string of the molecule is CC(=O)NC1C(C[C@H](O)CO)O[C@@](OC2C(O)C(O[C@@H](C)C(O)CO)OC(CO)C2OC(N)O)(C(=O)O)C[C@H]1O. The number of rotatable bonds is 14. The van der Waals surface area contributed by atoms with Crippen LogP contribution in [0.25, 0.3) is 0 Å². The van der Waals surface area contributed by atoms with E-state index >= 15 is 0 Å². The van der Waals surface area contributed by atoms with Gasteiger partial charge in [-0.15, -0.1) is 0 Å². The zero-order chi connectivity index (χ0) is 30.4. The molecule has 2 rings (SSSR count). The predicted molar refractivity (Wildman–Crippen MR) is 127 cm³/mol. The molecule has 1 amide bonds. The number of nitrogens with two attached hydrogens (primary N) is 1. The summed E-state index contributed by atoms with van der Waals surface area (Å²) in [5.41, 5.74) is 5.31. The van der Waals surface area contributed by atoms with Crippen LogP contribution >= 0.6 is 0 Å². The highest BCUT2D eigenvalue weighted by Crippen LogP contribution is 2.38. The molecule has 0 radical (unpaired) electrons. The van der Waals surface area contributed by atoms with Crippen molar-refractivity contribution in [2.45, 2.75) is 106 Å². The number of aliphatic hydroxyl groups excluding tert-OH is 8. The summed E-state index contributed by atoms with van der Waals surface area (Å²) in [6.45, 7) is 0.126. The number of carbonyl (C=O) groups is 2. The molecule has 0 aromatic heterocycles. The van der Waals surface area contributed by atoms with Crippen LogP contribution in [0.1, 0.15) is 26.7 Å². The molecule has 2 aliphatic rings. The van der Waals surface area contributed by atoms with Crippen molar-refractivity contribution in [1.29, 1.82) is 0 Å². The Balaban J connectivity index is 2.50. The number of carbonyl (C=O) groups excluding carboxylic acids is 1. The highest BCUT2D eigenvalue weighted by atomic mass is 16.8. The van der Waals surface area contributed by atoms with Crippen LogP contribution in [0.15, 0.2) is 0 Å². The normalized spacial score (nSPS) is 37.8. The summed E-state index contributed by atoms with van der Waals surface area (Å²) in [5.74, 6) is -5.22. The molecule has 18 nitrogen and oxygen atoms in total. The lowest BCUT2D eigenvalue weighted by molar-refractivity contribution is -0.380. The molecule has 234 valence electrons. The van der Waals surface area contributed by atoms with Gasteiger partial charge in [0.05, 0.1) is 50.3 Å². The molecular formula is C22H40N2O16. The summed E-state index contributed by atoms with van der Waals surface area (Å²) >= 11 is 0. The molecule has 2 heterocycles. The van der Waals surface area contributed by atoms with Crippen molar-refractivity contribution in [3.05, 3.63) is 0 Å². The van der Waals surface area contributed by atoms with Crippen LogP contribution in [-0.2, 0) is 33.3 Å². The smallest absolute Gasteiger partial charge is 0.364 e. The first-order valence-corrected chi connectivity index (χ1v) is 12.5. The third-order valence-electron chi connectivity index (χ3n) is 6.54. The van der Waals surface area contributed by atoms with E-state index in [1.807, 2.05) is 0 Å². The number of hydrogen-bond acceptors (Lipinski definition) is 16. The van der Waals surface area contributed by atoms with E-state index in [-0.39, 0.29) is 0 Å². The van der Waals surface area contributed by atoms with Gasteiger partial charge in [0.1, 0.15) is 30.5 Å². The maximum absolute atomic E-state index is 12.6. The molecule has 0 aromatic rings. The van der Waals surface area contributed by atoms with Crippen molar-refractivity contribution in [1.82, 2.24) is 5.32 Å². The third-order valence-corrected chi connectivity index (χ3v) is 6.54. The topological polar surface area (TPSA) is 300 Å². The fraction of sp³-hybridized carbons (Fsp3) is 0.909. The van der Waals surface area contributed by atoms with E-state index in [1.165, 1.54) is 6.92 Å². The lowest BCUT2D eigenvalue weighted by Crippen LogP contribution is -2.69. The lowest BCUT2D eigenvalue weighted by Gasteiger charge is -2.50. The molecule has 0 aromatic carbocycles. The van der Waals surface area contributed by atoms with Gasteiger partial charge in [0.15, 0.2) is 6.29 Å². The van der Waals surface area contributed by atoms with Crippen LogP contribution in [0.4, 0.5) is 0 Å². The number of nitrogens with one attached hydrogen (secondary N) is 1. The molecular weight excluding hydrogens is 548 g/mol. The first-order chi connectivity index (χ1) is 18.7. The number of carboxylic acid groups (broad SMARTS) is 1. The number of carboxylic acids is 1. The Hall–Kier alpha value is -1.62. The van der Waals surface area contributed by atoms with E-state index in [1.54, 1.807) is 0 Å². The molecule has 12 N–H and O–H groups in total. The quantitative estimate of drug-likeness (QED) is 0.0841. The minimum absolute atomic E-state index is 0.462. The largest absolute Gasteiger partial charge is 0.477 e. The molecule has 40 heavy (non-hydrogen) atoms. The Morgan fingerprint density at radius 2 is 1.73 bits per heavy atom. The van der Waals surface area contributed by atoms with Crippen LogP contribution in [0.2, 0.25) is 0 Å². The van der Waals surface area contributed by atoms with Gasteiger partial charge in [-0.3, -0.25) is 10.5 Å². The van der Waals surface area contributed by atoms with Crippen LogP contribution in [-0.4, -0.2) is 157 Å². The van der Waals surface area contributed by atoms with E-state index < -0.39 is 124 Å². The number of aliphatic hydroxyl groups is 8. The van der Waals surface area contributed by atoms with Crippen molar-refractivity contribution in [3.63, 3.8) is 0 Å². The zero-order valence-corrected chi connectivity index (χ0v) is 21.9. The molecule has 2 fully saturated rings. The van der Waals surface area contributed by atoms with Crippen LogP contribution in [0.5, 0.6) is 0 Å². The third kappa shape index (κ3) is 8.46. The number of ether oxygens (including phenoxy) is 5. The van der Waals surface area contributed by atoms with Crippen molar-refractivity contribution in [3.8, 4) is 0 Å². The van der Waals surface area contributed by atoms with E-state index in [9.17, 15) is 55.5 Å². The van der Waals surface area contributed by atoms with E-state index in [0.29, 0.717) is 0 Å². The number of hydrogen-bond donors (Lipinski definition) is 11. The van der Waals surface area contributed by atoms with E-state index in [4.69, 9.17) is 29.4 Å². The average molecular weight is 589 g/mol. The number of amides is 1. The van der Waals surface area contributed by atoms with Crippen molar-refractivity contribution in [2.24, 2.45) is 5.73 Å². The predicted octanol–water partition coefficient (Wildman–Crippen LogP) is -5.99. The molecule has 2 aliphatic heterocycles. The van der Waals surface area contributed by atoms with Crippen LogP contribution < -0.4 is 11.1 Å². The minimum Gasteiger partial charge on any atom is -0.477 e. The summed E-state index contributed by atoms with van der Waals surface area (Å²) in [6, 6.07) is -1.24. The Labute approximate surface area is 228 Å². The van der Waals surface area contributed by atoms with Gasteiger partial charge in [0.25, 0.3) is 5.79 Å². The van der Waals surface area contributed by atoms with Crippen molar-refractivity contribution < 1.29 is 79.2 Å². The second-order valence-electron chi connectivity index (χ2n) is 9.67. The fourth-order valence-electron chi connectivity index (χ4n) is 4.53. The molecule has 2 saturated heterocycles. The maximum atomic E-state index is 12.6. The van der Waals surface area contributed by atoms with Crippen molar-refractivity contribution >= 4 is 11.9 Å². The van der Waals surface area contributed by atoms with Crippen LogP contribution in [0.3, 0.4) is 0 Å². The highest BCUT2D eigenvalue weighted by molar-refractivity contribution is 5.76. The number of aliphatic carboxylic acids is 1. The molecule has 0 aliphatic carbocycles. The highest BCUT2D eigenvalue weighted by Gasteiger charge is 2.58. The van der Waals surface area contributed by atoms with E-state index in [0.717, 1.165) is 6.92 Å². The fourth-order valence-corrected chi connectivity index (χ4v) is 4.53. The maximum Gasteiger partial charge on any atom is 0.364 e. The molecule has 0 saturated carbocycles. The molecule has 0 spiro atoms. The molecule has 13 atom stereocenters. The summed E-state index contributed by atoms with van der Waals surface area (Å²) in [4.78, 5) is 24.3. The van der Waals surface area contributed by atoms with Gasteiger partial charge in [0.2, 0.25) is 12.3 Å². The monoisotopic (exact) mass is 588 g/mol. The molecule has 0 bridgehead atoms. The Bertz CT molecular complexity index is 822. The van der Waals surface area contributed by atoms with Gasteiger partial charge in [-0.05, 0) is 6.92 Å². The first-order valence-electron chi connectivity index (χ1n) is 12.5. The van der Waals surface area contributed by atoms with Crippen molar-refractivity contribution in [2.75, 3.05) is 19.8 Å². The Morgan fingerprint density at radius 3 is 2.23 bits per heavy atom. The van der Waals surface area contributed by atoms with Gasteiger partial charge < -0.3 is 75.0 Å². The van der Waals surface area contributed by atoms with Gasteiger partial charge >= 0.3 is 5.97 Å². The van der Waals surface area contributed by atoms with Crippen LogP contribution in [0, 0.1) is 0 Å². The Kier molecular flexibility index (Phi) is 13.0. The minimum atomic E-state index is -2.79. The zero-order valence-electron chi connectivity index (χ0n) is 21.9. The summed E-state index contributed by atoms with van der Waals surface area (Å²) < 4.78 is 27.5. The Morgan fingerprint density at radius 1 is 1.07 bits per heavy atom. The van der Waals surface area contributed by atoms with E-state index in [2.05, 4.69) is 5.32 Å². The van der Waals surface area contributed by atoms with Gasteiger partial charge in [0, 0.05) is 19.8 Å². The average Bonchev–Trinajstić information content (AvgIpc) is 2.88. The molecule has 18 heteroatoms. The summed E-state index contributed by atoms with van der Waals surface area (Å²) in [5, 5.41) is 92.4. The summed E-state index contributed by atoms with van der Waals surface area (Å²) in [7, 11) is 0. The molecule has 9 unspecified atom stereocenters. The van der Waals surface area contributed by atoms with Gasteiger partial charge in [-0.2, -0.15) is 0 Å². The lowest BCUT2D eigenvalue weighted by atomic mass is 9.89. The summed E-state index contributed by atoms with van der Waals surface area (Å²) in [6.07, 6.45) is -19.1. The first kappa shape index (κ1) is 34.6. The van der Waals surface area contributed by atoms with Gasteiger partial charge in [-0.25, -0.2) is 4.79 Å².